The van der Waals surface area contributed by atoms with E-state index >= 15 is 0 Å². The van der Waals surface area contributed by atoms with Crippen LogP contribution in [-0.4, -0.2) is 19.2 Å². The number of rotatable bonds is 5. The molecule has 3 heterocycles. The normalized spacial score (nSPS) is 14.2. The minimum absolute atomic E-state index is 0.446. The molecule has 3 rings (SSSR count). The van der Waals surface area contributed by atoms with E-state index < -0.39 is 5.91 Å². The van der Waals surface area contributed by atoms with Crippen LogP contribution in [0.2, 0.25) is 0 Å². The standard InChI is InChI=1S/C18H21N3O2S2/c1-5-10-8-11(12-7-6-9(2)23-12)13-14(20-3)15(16(19)22)25-18(13)21-17(10)24-4/h6-7,20H,5,8H2,1-4H3,(H2,19,22). The Morgan fingerprint density at radius 1 is 1.48 bits per heavy atom. The van der Waals surface area contributed by atoms with Gasteiger partial charge >= 0.3 is 0 Å². The number of anilines is 1. The molecule has 25 heavy (non-hydrogen) atoms. The zero-order valence-electron chi connectivity index (χ0n) is 14.7. The van der Waals surface area contributed by atoms with E-state index in [0.29, 0.717) is 4.88 Å². The average molecular weight is 376 g/mol. The van der Waals surface area contributed by atoms with Crippen molar-refractivity contribution < 1.29 is 9.21 Å². The Bertz CT molecular complexity index is 983. The highest BCUT2D eigenvalue weighted by Crippen LogP contribution is 2.32. The van der Waals surface area contributed by atoms with Gasteiger partial charge in [0.15, 0.2) is 0 Å². The summed E-state index contributed by atoms with van der Waals surface area (Å²) in [5.41, 5.74) is 8.63. The molecule has 2 aromatic rings. The number of furan rings is 1. The third kappa shape index (κ3) is 3.14. The van der Waals surface area contributed by atoms with Gasteiger partial charge < -0.3 is 15.5 Å². The first kappa shape index (κ1) is 17.8. The summed E-state index contributed by atoms with van der Waals surface area (Å²) in [6.07, 6.45) is 3.67. The van der Waals surface area contributed by atoms with Crippen molar-refractivity contribution in [1.29, 1.82) is 0 Å². The summed E-state index contributed by atoms with van der Waals surface area (Å²) in [5.74, 6) is 1.22. The molecule has 0 fully saturated rings. The van der Waals surface area contributed by atoms with Gasteiger partial charge in [0.2, 0.25) is 0 Å². The van der Waals surface area contributed by atoms with E-state index in [1.165, 1.54) is 16.9 Å². The molecule has 0 spiro atoms. The number of amides is 1. The van der Waals surface area contributed by atoms with Crippen molar-refractivity contribution in [3.8, 4) is 0 Å². The van der Waals surface area contributed by atoms with Crippen LogP contribution in [-0.2, 0) is 0 Å². The van der Waals surface area contributed by atoms with Crippen LogP contribution in [0.5, 0.6) is 0 Å². The number of nitrogens with one attached hydrogen (secondary N) is 1. The zero-order valence-corrected chi connectivity index (χ0v) is 16.4. The van der Waals surface area contributed by atoms with Gasteiger partial charge in [-0.05, 0) is 37.3 Å². The van der Waals surface area contributed by atoms with E-state index in [1.54, 1.807) is 18.8 Å². The number of allylic oxidation sites excluding steroid dienone is 1. The van der Waals surface area contributed by atoms with Crippen LogP contribution in [0.3, 0.4) is 0 Å². The molecule has 0 saturated heterocycles. The Morgan fingerprint density at radius 2 is 2.24 bits per heavy atom. The Hall–Kier alpha value is -1.99. The van der Waals surface area contributed by atoms with E-state index in [-0.39, 0.29) is 0 Å². The second-order valence-electron chi connectivity index (χ2n) is 5.74. The molecule has 0 unspecified atom stereocenters. The fourth-order valence-corrected chi connectivity index (χ4v) is 4.82. The largest absolute Gasteiger partial charge is 0.462 e. The highest BCUT2D eigenvalue weighted by Gasteiger charge is 2.23. The molecule has 1 aliphatic rings. The summed E-state index contributed by atoms with van der Waals surface area (Å²) in [6.45, 7) is 4.07. The van der Waals surface area contributed by atoms with Crippen LogP contribution < -0.4 is 20.9 Å². The van der Waals surface area contributed by atoms with Crippen LogP contribution in [0.25, 0.3) is 5.57 Å². The number of fused-ring (bicyclic) bond motifs is 1. The molecule has 3 N–H and O–H groups in total. The predicted octanol–water partition coefficient (Wildman–Crippen LogP) is 3.00. The summed E-state index contributed by atoms with van der Waals surface area (Å²) in [5, 5.41) is 5.07. The van der Waals surface area contributed by atoms with Crippen LogP contribution >= 0.6 is 23.1 Å². The van der Waals surface area contributed by atoms with Gasteiger partial charge in [-0.1, -0.05) is 6.92 Å². The van der Waals surface area contributed by atoms with Gasteiger partial charge in [-0.3, -0.25) is 4.79 Å². The summed E-state index contributed by atoms with van der Waals surface area (Å²) < 4.78 is 6.72. The fraction of sp³-hybridized carbons (Fsp3) is 0.333. The zero-order chi connectivity index (χ0) is 18.1. The third-order valence-corrected chi connectivity index (χ3v) is 6.08. The number of primary amides is 1. The molecule has 0 radical (unpaired) electrons. The maximum absolute atomic E-state index is 11.9. The first-order valence-electron chi connectivity index (χ1n) is 8.05. The molecule has 132 valence electrons. The van der Waals surface area contributed by atoms with E-state index in [2.05, 4.69) is 12.2 Å². The number of nitrogens with two attached hydrogens (primary N) is 1. The number of carbonyl (C=O) groups excluding carboxylic acids is 1. The molecule has 0 saturated carbocycles. The molecule has 5 nitrogen and oxygen atoms in total. The minimum atomic E-state index is -0.446. The minimum Gasteiger partial charge on any atom is -0.462 e. The number of hydrogen-bond donors (Lipinski definition) is 2. The lowest BCUT2D eigenvalue weighted by Gasteiger charge is -2.09. The number of hydrogen-bond acceptors (Lipinski definition) is 6. The molecular weight excluding hydrogens is 354 g/mol. The molecule has 0 bridgehead atoms. The van der Waals surface area contributed by atoms with E-state index in [0.717, 1.165) is 50.5 Å². The van der Waals surface area contributed by atoms with Gasteiger partial charge in [-0.15, -0.1) is 23.1 Å². The SMILES string of the molecule is CCC1=C(SC)N=c2sc(C(N)=O)c(NC)c2=C(c2ccc(C)o2)C1. The van der Waals surface area contributed by atoms with Crippen LogP contribution in [0.4, 0.5) is 5.69 Å². The topological polar surface area (TPSA) is 80.6 Å². The quantitative estimate of drug-likeness (QED) is 0.842. The van der Waals surface area contributed by atoms with E-state index in [9.17, 15) is 4.79 Å². The van der Waals surface area contributed by atoms with Crippen LogP contribution in [0, 0.1) is 6.92 Å². The number of aryl methyl sites for hydroxylation is 1. The van der Waals surface area contributed by atoms with Crippen molar-refractivity contribution in [1.82, 2.24) is 0 Å². The molecule has 1 aliphatic heterocycles. The molecule has 0 aliphatic carbocycles. The second kappa shape index (κ2) is 7.09. The fourth-order valence-electron chi connectivity index (χ4n) is 3.01. The number of thiophene rings is 1. The Labute approximate surface area is 154 Å². The maximum atomic E-state index is 11.9. The Morgan fingerprint density at radius 3 is 2.76 bits per heavy atom. The molecule has 0 aromatic carbocycles. The third-order valence-electron chi connectivity index (χ3n) is 4.22. The Kier molecular flexibility index (Phi) is 5.06. The van der Waals surface area contributed by atoms with Crippen molar-refractivity contribution in [2.45, 2.75) is 26.7 Å². The Balaban J connectivity index is 2.45. The molecule has 2 aromatic heterocycles. The second-order valence-corrected chi connectivity index (χ2v) is 7.54. The molecule has 1 amide bonds. The van der Waals surface area contributed by atoms with Gasteiger partial charge in [-0.25, -0.2) is 4.99 Å². The van der Waals surface area contributed by atoms with E-state index in [1.807, 2.05) is 25.3 Å². The molecule has 0 atom stereocenters. The maximum Gasteiger partial charge on any atom is 0.261 e. The van der Waals surface area contributed by atoms with Crippen molar-refractivity contribution >= 4 is 40.3 Å². The van der Waals surface area contributed by atoms with Crippen LogP contribution in [0.1, 0.15) is 41.0 Å². The summed E-state index contributed by atoms with van der Waals surface area (Å²) in [4.78, 5) is 17.3. The van der Waals surface area contributed by atoms with Crippen molar-refractivity contribution in [3.05, 3.63) is 49.0 Å². The highest BCUT2D eigenvalue weighted by atomic mass is 32.2. The summed E-state index contributed by atoms with van der Waals surface area (Å²) in [6, 6.07) is 3.93. The van der Waals surface area contributed by atoms with Crippen molar-refractivity contribution in [2.75, 3.05) is 18.6 Å². The lowest BCUT2D eigenvalue weighted by molar-refractivity contribution is 0.100. The average Bonchev–Trinajstić information content (AvgIpc) is 3.14. The monoisotopic (exact) mass is 375 g/mol. The van der Waals surface area contributed by atoms with Crippen LogP contribution in [0.15, 0.2) is 32.1 Å². The van der Waals surface area contributed by atoms with Crippen molar-refractivity contribution in [3.63, 3.8) is 0 Å². The smallest absolute Gasteiger partial charge is 0.261 e. The number of carbonyl (C=O) groups is 1. The number of nitrogens with zero attached hydrogens (tertiary/aromatic N) is 1. The predicted molar refractivity (Wildman–Crippen MR) is 105 cm³/mol. The highest BCUT2D eigenvalue weighted by molar-refractivity contribution is 8.02. The lowest BCUT2D eigenvalue weighted by atomic mass is 10.00. The first-order chi connectivity index (χ1) is 12.0. The lowest BCUT2D eigenvalue weighted by Crippen LogP contribution is -2.25. The van der Waals surface area contributed by atoms with Crippen molar-refractivity contribution in [2.24, 2.45) is 10.7 Å². The van der Waals surface area contributed by atoms with Gasteiger partial charge in [0.1, 0.15) is 21.1 Å². The van der Waals surface area contributed by atoms with Gasteiger partial charge in [-0.2, -0.15) is 0 Å². The molecular formula is C18H21N3O2S2. The summed E-state index contributed by atoms with van der Waals surface area (Å²) >= 11 is 2.96. The first-order valence-corrected chi connectivity index (χ1v) is 10.1. The number of thioether (sulfide) groups is 1. The van der Waals surface area contributed by atoms with Gasteiger partial charge in [0, 0.05) is 24.3 Å². The molecule has 7 heteroatoms. The van der Waals surface area contributed by atoms with Gasteiger partial charge in [0.05, 0.1) is 10.7 Å². The van der Waals surface area contributed by atoms with Gasteiger partial charge in [0.25, 0.3) is 5.91 Å². The van der Waals surface area contributed by atoms with E-state index in [4.69, 9.17) is 15.1 Å². The summed E-state index contributed by atoms with van der Waals surface area (Å²) in [7, 11) is 1.80.